The van der Waals surface area contributed by atoms with Crippen LogP contribution in [0.1, 0.15) is 19.4 Å². The minimum atomic E-state index is -0.824. The van der Waals surface area contributed by atoms with E-state index >= 15 is 0 Å². The van der Waals surface area contributed by atoms with Crippen LogP contribution in [0.4, 0.5) is 0 Å². The quantitative estimate of drug-likeness (QED) is 0.678. The zero-order chi connectivity index (χ0) is 13.4. The molecule has 1 aromatic rings. The molecule has 3 heteroatoms. The molecule has 2 aliphatic carbocycles. The Morgan fingerprint density at radius 1 is 1.16 bits per heavy atom. The zero-order valence-electron chi connectivity index (χ0n) is 10.7. The van der Waals surface area contributed by atoms with Crippen molar-refractivity contribution >= 4 is 23.3 Å². The molecule has 0 bridgehead atoms. The second-order valence-corrected chi connectivity index (χ2v) is 6.53. The molecule has 0 amide bonds. The molecule has 0 spiro atoms. The van der Waals surface area contributed by atoms with Gasteiger partial charge >= 0.3 is 0 Å². The summed E-state index contributed by atoms with van der Waals surface area (Å²) in [5, 5.41) is 0. The van der Waals surface area contributed by atoms with Gasteiger partial charge in [-0.25, -0.2) is 0 Å². The Morgan fingerprint density at radius 2 is 1.89 bits per heavy atom. The number of hydrogen-bond acceptors (Lipinski definition) is 3. The average molecular weight is 268 g/mol. The summed E-state index contributed by atoms with van der Waals surface area (Å²) >= 11 is 1.63. The summed E-state index contributed by atoms with van der Waals surface area (Å²) in [6.45, 7) is 3.74. The SMILES string of the molecule is CC1=C2C(=O)C2(C)C(=O)C2=C1Sc1ccccc1C2. The summed E-state index contributed by atoms with van der Waals surface area (Å²) in [4.78, 5) is 26.7. The van der Waals surface area contributed by atoms with E-state index in [0.717, 1.165) is 21.6 Å². The van der Waals surface area contributed by atoms with Gasteiger partial charge in [-0.15, -0.1) is 0 Å². The Hall–Kier alpha value is -1.61. The summed E-state index contributed by atoms with van der Waals surface area (Å²) < 4.78 is 0. The van der Waals surface area contributed by atoms with E-state index in [1.165, 1.54) is 10.5 Å². The van der Waals surface area contributed by atoms with Crippen LogP contribution in [-0.4, -0.2) is 11.6 Å². The minimum absolute atomic E-state index is 0.0223. The molecule has 0 N–H and O–H groups in total. The Balaban J connectivity index is 1.90. The number of ketones is 2. The van der Waals surface area contributed by atoms with Crippen LogP contribution >= 0.6 is 11.8 Å². The van der Waals surface area contributed by atoms with Crippen molar-refractivity contribution in [2.24, 2.45) is 5.41 Å². The lowest BCUT2D eigenvalue weighted by molar-refractivity contribution is -0.124. The first-order valence-corrected chi connectivity index (χ1v) is 7.17. The number of thioether (sulfide) groups is 1. The molecule has 1 aromatic carbocycles. The maximum absolute atomic E-state index is 12.6. The number of Topliss-reactive ketones (excluding diaryl/α,β-unsaturated/α-hetero) is 2. The number of rotatable bonds is 0. The summed E-state index contributed by atoms with van der Waals surface area (Å²) in [6, 6.07) is 8.15. The molecular weight excluding hydrogens is 256 g/mol. The number of fused-ring (bicyclic) bond motifs is 2. The predicted octanol–water partition coefficient (Wildman–Crippen LogP) is 3.08. The van der Waals surface area contributed by atoms with Gasteiger partial charge in [0.2, 0.25) is 0 Å². The van der Waals surface area contributed by atoms with Crippen molar-refractivity contribution in [3.05, 3.63) is 51.5 Å². The average Bonchev–Trinajstić information content (AvgIpc) is 2.99. The van der Waals surface area contributed by atoms with Crippen molar-refractivity contribution in [2.45, 2.75) is 25.2 Å². The highest BCUT2D eigenvalue weighted by Gasteiger charge is 2.65. The van der Waals surface area contributed by atoms with Gasteiger partial charge in [0, 0.05) is 27.4 Å². The monoisotopic (exact) mass is 268 g/mol. The molecule has 1 heterocycles. The third-order valence-electron chi connectivity index (χ3n) is 4.39. The molecule has 1 atom stereocenters. The van der Waals surface area contributed by atoms with E-state index < -0.39 is 5.41 Å². The van der Waals surface area contributed by atoms with Gasteiger partial charge in [0.25, 0.3) is 0 Å². The Morgan fingerprint density at radius 3 is 2.68 bits per heavy atom. The lowest BCUT2D eigenvalue weighted by Gasteiger charge is -2.26. The first-order chi connectivity index (χ1) is 9.05. The van der Waals surface area contributed by atoms with Crippen molar-refractivity contribution in [3.63, 3.8) is 0 Å². The lowest BCUT2D eigenvalue weighted by Crippen LogP contribution is -2.24. The Kier molecular flexibility index (Phi) is 1.94. The van der Waals surface area contributed by atoms with E-state index in [1.807, 2.05) is 19.1 Å². The maximum atomic E-state index is 12.6. The van der Waals surface area contributed by atoms with Gasteiger partial charge in [-0.3, -0.25) is 9.59 Å². The second-order valence-electron chi connectivity index (χ2n) is 5.48. The van der Waals surface area contributed by atoms with E-state index in [2.05, 4.69) is 12.1 Å². The minimum Gasteiger partial charge on any atom is -0.293 e. The van der Waals surface area contributed by atoms with Crippen LogP contribution in [0.2, 0.25) is 0 Å². The topological polar surface area (TPSA) is 34.1 Å². The van der Waals surface area contributed by atoms with Gasteiger partial charge in [-0.1, -0.05) is 30.0 Å². The fourth-order valence-electron chi connectivity index (χ4n) is 3.20. The lowest BCUT2D eigenvalue weighted by atomic mass is 9.85. The fraction of sp³-hybridized carbons (Fsp3) is 0.250. The van der Waals surface area contributed by atoms with Gasteiger partial charge in [0.1, 0.15) is 5.41 Å². The highest BCUT2D eigenvalue weighted by atomic mass is 32.2. The van der Waals surface area contributed by atoms with Gasteiger partial charge in [0.15, 0.2) is 11.6 Å². The van der Waals surface area contributed by atoms with E-state index in [4.69, 9.17) is 0 Å². The summed E-state index contributed by atoms with van der Waals surface area (Å²) in [5.74, 6) is 0.0455. The molecule has 4 rings (SSSR count). The summed E-state index contributed by atoms with van der Waals surface area (Å²) in [7, 11) is 0. The predicted molar refractivity (Wildman–Crippen MR) is 73.9 cm³/mol. The Labute approximate surface area is 115 Å². The van der Waals surface area contributed by atoms with Gasteiger partial charge in [-0.2, -0.15) is 0 Å². The molecule has 19 heavy (non-hydrogen) atoms. The van der Waals surface area contributed by atoms with Gasteiger partial charge < -0.3 is 0 Å². The van der Waals surface area contributed by atoms with Crippen molar-refractivity contribution < 1.29 is 9.59 Å². The largest absolute Gasteiger partial charge is 0.293 e. The molecule has 1 aliphatic heterocycles. The molecular formula is C16H12O2S. The van der Waals surface area contributed by atoms with Crippen molar-refractivity contribution in [1.29, 1.82) is 0 Å². The zero-order valence-corrected chi connectivity index (χ0v) is 11.6. The van der Waals surface area contributed by atoms with E-state index in [-0.39, 0.29) is 11.6 Å². The van der Waals surface area contributed by atoms with Crippen LogP contribution in [0.3, 0.4) is 0 Å². The molecule has 0 aromatic heterocycles. The van der Waals surface area contributed by atoms with E-state index in [0.29, 0.717) is 6.42 Å². The summed E-state index contributed by atoms with van der Waals surface area (Å²) in [5.41, 5.74) is 2.95. The molecule has 0 radical (unpaired) electrons. The molecule has 94 valence electrons. The second kappa shape index (κ2) is 3.28. The third-order valence-corrected chi connectivity index (χ3v) is 5.76. The number of benzene rings is 1. The van der Waals surface area contributed by atoms with Crippen LogP contribution < -0.4 is 0 Å². The standard InChI is InChI=1S/C16H12O2S/c1-8-12-15(18)16(12,2)14(17)10-7-9-5-3-4-6-11(9)19-13(8)10/h3-6H,7H2,1-2H3. The molecule has 3 aliphatic rings. The van der Waals surface area contributed by atoms with Crippen LogP contribution in [0, 0.1) is 5.41 Å². The highest BCUT2D eigenvalue weighted by Crippen LogP contribution is 2.59. The van der Waals surface area contributed by atoms with Gasteiger partial charge in [0.05, 0.1) is 0 Å². The van der Waals surface area contributed by atoms with Gasteiger partial charge in [-0.05, 0) is 31.1 Å². The molecule has 1 unspecified atom stereocenters. The Bertz CT molecular complexity index is 739. The third kappa shape index (κ3) is 1.19. The van der Waals surface area contributed by atoms with E-state index in [9.17, 15) is 9.59 Å². The van der Waals surface area contributed by atoms with Crippen LogP contribution in [-0.2, 0) is 16.0 Å². The summed E-state index contributed by atoms with van der Waals surface area (Å²) in [6.07, 6.45) is 0.658. The molecule has 1 fully saturated rings. The van der Waals surface area contributed by atoms with Crippen molar-refractivity contribution in [1.82, 2.24) is 0 Å². The fourth-order valence-corrected chi connectivity index (χ4v) is 4.38. The molecule has 0 saturated heterocycles. The number of carbonyl (C=O) groups excluding carboxylic acids is 2. The van der Waals surface area contributed by atoms with Crippen molar-refractivity contribution in [2.75, 3.05) is 0 Å². The highest BCUT2D eigenvalue weighted by molar-refractivity contribution is 8.03. The number of hydrogen-bond donors (Lipinski definition) is 0. The smallest absolute Gasteiger partial charge is 0.178 e. The van der Waals surface area contributed by atoms with Crippen LogP contribution in [0.15, 0.2) is 50.8 Å². The number of carbonyl (C=O) groups is 2. The number of allylic oxidation sites excluding steroid dienone is 3. The van der Waals surface area contributed by atoms with Crippen LogP contribution in [0.25, 0.3) is 0 Å². The van der Waals surface area contributed by atoms with Crippen LogP contribution in [0.5, 0.6) is 0 Å². The normalized spacial score (nSPS) is 28.1. The van der Waals surface area contributed by atoms with Crippen molar-refractivity contribution in [3.8, 4) is 0 Å². The molecule has 2 nitrogen and oxygen atoms in total. The maximum Gasteiger partial charge on any atom is 0.178 e. The first-order valence-electron chi connectivity index (χ1n) is 6.35. The van der Waals surface area contributed by atoms with E-state index in [1.54, 1.807) is 18.7 Å². The molecule has 1 saturated carbocycles. The first kappa shape index (κ1) is 11.2.